The van der Waals surface area contributed by atoms with Crippen molar-refractivity contribution in [2.75, 3.05) is 23.2 Å². The van der Waals surface area contributed by atoms with Crippen LogP contribution in [0.2, 0.25) is 0 Å². The summed E-state index contributed by atoms with van der Waals surface area (Å²) in [6.07, 6.45) is 0. The second-order valence-electron chi connectivity index (χ2n) is 7.10. The molecule has 172 valence electrons. The van der Waals surface area contributed by atoms with E-state index >= 15 is 0 Å². The lowest BCUT2D eigenvalue weighted by Gasteiger charge is -2.14. The number of benzene rings is 3. The molecule has 1 aromatic heterocycles. The van der Waals surface area contributed by atoms with Gasteiger partial charge in [0.25, 0.3) is 5.91 Å². The lowest BCUT2D eigenvalue weighted by atomic mass is 10.2. The number of hydrogen-bond donors (Lipinski definition) is 3. The third kappa shape index (κ3) is 4.76. The summed E-state index contributed by atoms with van der Waals surface area (Å²) in [6, 6.07) is 19.0. The number of rotatable bonds is 5. The second-order valence-corrected chi connectivity index (χ2v) is 8.01. The standard InChI is InChI=1S/C24H18BrFN4O4/c1-34-21-9-5-4-8-18(21)28-23(32)24(33)29-30-19-11-10-15(25)12-14(19)13-20(30)22(31)27-17-7-3-2-6-16(17)26/h2-13H,1H3,(H,27,31)(H,28,32)(H,29,33). The number of carbonyl (C=O) groups excluding carboxylic acids is 3. The highest BCUT2D eigenvalue weighted by atomic mass is 79.9. The lowest BCUT2D eigenvalue weighted by Crippen LogP contribution is -2.36. The van der Waals surface area contributed by atoms with Gasteiger partial charge in [-0.15, -0.1) is 0 Å². The molecule has 0 radical (unpaired) electrons. The first-order valence-corrected chi connectivity index (χ1v) is 10.8. The highest BCUT2D eigenvalue weighted by molar-refractivity contribution is 9.10. The Bertz CT molecular complexity index is 1420. The van der Waals surface area contributed by atoms with Gasteiger partial charge >= 0.3 is 11.8 Å². The zero-order valence-corrected chi connectivity index (χ0v) is 19.4. The summed E-state index contributed by atoms with van der Waals surface area (Å²) in [7, 11) is 1.44. The monoisotopic (exact) mass is 524 g/mol. The van der Waals surface area contributed by atoms with Crippen LogP contribution in [0.5, 0.6) is 5.75 Å². The highest BCUT2D eigenvalue weighted by Gasteiger charge is 2.22. The SMILES string of the molecule is COc1ccccc1NC(=O)C(=O)Nn1c(C(=O)Nc2ccccc2F)cc2cc(Br)ccc21. The zero-order chi connectivity index (χ0) is 24.2. The van der Waals surface area contributed by atoms with E-state index in [9.17, 15) is 18.8 Å². The van der Waals surface area contributed by atoms with Crippen molar-refractivity contribution in [1.29, 1.82) is 0 Å². The molecule has 34 heavy (non-hydrogen) atoms. The number of carbonyl (C=O) groups is 3. The average Bonchev–Trinajstić information content (AvgIpc) is 3.18. The number of anilines is 2. The molecule has 0 atom stereocenters. The Labute approximate surface area is 201 Å². The van der Waals surface area contributed by atoms with Crippen LogP contribution in [-0.2, 0) is 9.59 Å². The maximum Gasteiger partial charge on any atom is 0.328 e. The molecule has 1 heterocycles. The van der Waals surface area contributed by atoms with E-state index in [1.165, 1.54) is 36.1 Å². The number of para-hydroxylation sites is 3. The Morgan fingerprint density at radius 2 is 1.59 bits per heavy atom. The number of aromatic nitrogens is 1. The number of nitrogens with zero attached hydrogens (tertiary/aromatic N) is 1. The molecule has 0 aliphatic heterocycles. The summed E-state index contributed by atoms with van der Waals surface area (Å²) in [5.74, 6) is -2.90. The maximum atomic E-state index is 14.0. The van der Waals surface area contributed by atoms with Crippen LogP contribution in [0.25, 0.3) is 10.9 Å². The summed E-state index contributed by atoms with van der Waals surface area (Å²) in [5, 5.41) is 5.57. The number of hydrogen-bond acceptors (Lipinski definition) is 4. The van der Waals surface area contributed by atoms with Gasteiger partial charge in [-0.25, -0.2) is 9.07 Å². The number of fused-ring (bicyclic) bond motifs is 1. The fourth-order valence-corrected chi connectivity index (χ4v) is 3.68. The fourth-order valence-electron chi connectivity index (χ4n) is 3.30. The third-order valence-corrected chi connectivity index (χ3v) is 5.39. The largest absolute Gasteiger partial charge is 0.495 e. The van der Waals surface area contributed by atoms with Crippen molar-refractivity contribution >= 4 is 55.9 Å². The molecule has 0 fully saturated rings. The van der Waals surface area contributed by atoms with Gasteiger partial charge in [-0.3, -0.25) is 19.8 Å². The summed E-state index contributed by atoms with van der Waals surface area (Å²) in [4.78, 5) is 38.3. The first kappa shape index (κ1) is 23.0. The van der Waals surface area contributed by atoms with Crippen LogP contribution < -0.4 is 20.8 Å². The highest BCUT2D eigenvalue weighted by Crippen LogP contribution is 2.25. The number of ether oxygens (including phenoxy) is 1. The van der Waals surface area contributed by atoms with Gasteiger partial charge in [0.05, 0.1) is 24.0 Å². The van der Waals surface area contributed by atoms with Crippen LogP contribution in [0.1, 0.15) is 10.5 Å². The number of amides is 3. The summed E-state index contributed by atoms with van der Waals surface area (Å²) < 4.78 is 21.2. The molecular formula is C24H18BrFN4O4. The minimum absolute atomic E-state index is 0.00482. The molecule has 0 aliphatic rings. The van der Waals surface area contributed by atoms with Crippen LogP contribution >= 0.6 is 15.9 Å². The van der Waals surface area contributed by atoms with Gasteiger partial charge in [-0.1, -0.05) is 40.2 Å². The van der Waals surface area contributed by atoms with E-state index in [-0.39, 0.29) is 11.4 Å². The normalized spacial score (nSPS) is 10.6. The smallest absolute Gasteiger partial charge is 0.328 e. The van der Waals surface area contributed by atoms with Gasteiger partial charge in [0, 0.05) is 9.86 Å². The molecule has 3 amide bonds. The van der Waals surface area contributed by atoms with Gasteiger partial charge in [0.2, 0.25) is 0 Å². The van der Waals surface area contributed by atoms with Crippen molar-refractivity contribution in [3.05, 3.63) is 88.8 Å². The van der Waals surface area contributed by atoms with Crippen LogP contribution in [0.3, 0.4) is 0 Å². The fraction of sp³-hybridized carbons (Fsp3) is 0.0417. The van der Waals surface area contributed by atoms with Gasteiger partial charge in [0.1, 0.15) is 17.3 Å². The number of nitrogens with one attached hydrogen (secondary N) is 3. The van der Waals surface area contributed by atoms with E-state index in [0.717, 1.165) is 4.47 Å². The Morgan fingerprint density at radius 3 is 2.32 bits per heavy atom. The van der Waals surface area contributed by atoms with Crippen LogP contribution in [0.4, 0.5) is 15.8 Å². The molecule has 0 unspecified atom stereocenters. The Morgan fingerprint density at radius 1 is 0.882 bits per heavy atom. The topological polar surface area (TPSA) is 101 Å². The average molecular weight is 525 g/mol. The van der Waals surface area contributed by atoms with Crippen LogP contribution in [0, 0.1) is 5.82 Å². The number of methoxy groups -OCH3 is 1. The molecule has 0 spiro atoms. The summed E-state index contributed by atoms with van der Waals surface area (Å²) in [6.45, 7) is 0. The van der Waals surface area contributed by atoms with Gasteiger partial charge in [-0.2, -0.15) is 0 Å². The third-order valence-electron chi connectivity index (χ3n) is 4.89. The van der Waals surface area contributed by atoms with E-state index in [1.54, 1.807) is 48.5 Å². The zero-order valence-electron chi connectivity index (χ0n) is 17.8. The second kappa shape index (κ2) is 9.75. The lowest BCUT2D eigenvalue weighted by molar-refractivity contribution is -0.133. The molecule has 10 heteroatoms. The van der Waals surface area contributed by atoms with Crippen molar-refractivity contribution in [2.45, 2.75) is 0 Å². The van der Waals surface area contributed by atoms with Crippen molar-refractivity contribution in [1.82, 2.24) is 4.68 Å². The molecule has 0 bridgehead atoms. The predicted octanol–water partition coefficient (Wildman–Crippen LogP) is 4.51. The molecule has 3 N–H and O–H groups in total. The molecule has 0 saturated carbocycles. The van der Waals surface area contributed by atoms with Crippen LogP contribution in [-0.4, -0.2) is 29.5 Å². The van der Waals surface area contributed by atoms with Crippen molar-refractivity contribution in [3.63, 3.8) is 0 Å². The first-order chi connectivity index (χ1) is 16.4. The Balaban J connectivity index is 1.64. The summed E-state index contributed by atoms with van der Waals surface area (Å²) in [5.41, 5.74) is 3.19. The molecule has 3 aromatic carbocycles. The molecule has 0 saturated heterocycles. The van der Waals surface area contributed by atoms with E-state index in [4.69, 9.17) is 4.74 Å². The predicted molar refractivity (Wildman–Crippen MR) is 130 cm³/mol. The maximum absolute atomic E-state index is 14.0. The molecule has 4 rings (SSSR count). The minimum atomic E-state index is -1.02. The van der Waals surface area contributed by atoms with Gasteiger partial charge in [0.15, 0.2) is 0 Å². The van der Waals surface area contributed by atoms with E-state index in [2.05, 4.69) is 32.0 Å². The first-order valence-electron chi connectivity index (χ1n) is 9.99. The van der Waals surface area contributed by atoms with E-state index < -0.39 is 23.5 Å². The molecule has 0 aliphatic carbocycles. The van der Waals surface area contributed by atoms with Crippen molar-refractivity contribution in [2.24, 2.45) is 0 Å². The van der Waals surface area contributed by atoms with Crippen molar-refractivity contribution in [3.8, 4) is 5.75 Å². The van der Waals surface area contributed by atoms with Crippen LogP contribution in [0.15, 0.2) is 77.3 Å². The van der Waals surface area contributed by atoms with Gasteiger partial charge in [-0.05, 0) is 48.5 Å². The quantitative estimate of drug-likeness (QED) is 0.334. The molecule has 4 aromatic rings. The Kier molecular flexibility index (Phi) is 6.60. The molecular weight excluding hydrogens is 507 g/mol. The Hall–Kier alpha value is -4.18. The van der Waals surface area contributed by atoms with Crippen molar-refractivity contribution < 1.29 is 23.5 Å². The summed E-state index contributed by atoms with van der Waals surface area (Å²) >= 11 is 3.37. The number of halogens is 2. The minimum Gasteiger partial charge on any atom is -0.495 e. The molecule has 8 nitrogen and oxygen atoms in total. The van der Waals surface area contributed by atoms with Gasteiger partial charge < -0.3 is 15.4 Å². The van der Waals surface area contributed by atoms with E-state index in [1.807, 2.05) is 0 Å². The van der Waals surface area contributed by atoms with E-state index in [0.29, 0.717) is 22.3 Å².